The first-order valence-corrected chi connectivity index (χ1v) is 14.0. The van der Waals surface area contributed by atoms with Gasteiger partial charge in [-0.1, -0.05) is 0 Å². The maximum Gasteiger partial charge on any atom is 0.335 e. The summed E-state index contributed by atoms with van der Waals surface area (Å²) < 4.78 is 20.0. The Bertz CT molecular complexity index is 888. The van der Waals surface area contributed by atoms with E-state index in [-0.39, 0.29) is 21.1 Å². The van der Waals surface area contributed by atoms with Crippen LogP contribution in [0.15, 0.2) is 0 Å². The van der Waals surface area contributed by atoms with Crippen molar-refractivity contribution in [2.45, 2.75) is 110 Å². The molecule has 25 heteroatoms. The molecule has 18 atom stereocenters. The summed E-state index contributed by atoms with van der Waals surface area (Å²) in [5.74, 6) is -3.68. The second-order valence-corrected chi connectivity index (χ2v) is 10.6. The van der Waals surface area contributed by atoms with E-state index >= 15 is 0 Å². The average molecular weight is 912 g/mol. The fourth-order valence-corrected chi connectivity index (χ4v) is 4.33. The first-order valence-electron chi connectivity index (χ1n) is 14.0. The first kappa shape index (κ1) is 47.8. The Labute approximate surface area is 290 Å². The van der Waals surface area contributed by atoms with Crippen LogP contribution in [0.1, 0.15) is 0 Å². The molecule has 0 amide bonds. The van der Waals surface area contributed by atoms with E-state index in [4.69, 9.17) is 49.6 Å². The Kier molecular flexibility index (Phi) is 21.5. The molecule has 18 N–H and O–H groups in total. The molecule has 0 aromatic rings. The molecule has 0 saturated carbocycles. The minimum atomic E-state index is -2.39. The van der Waals surface area contributed by atoms with Crippen molar-refractivity contribution in [2.75, 3.05) is 26.4 Å². The zero-order chi connectivity index (χ0) is 37.2. The van der Waals surface area contributed by atoms with E-state index in [9.17, 15) is 70.9 Å². The summed E-state index contributed by atoms with van der Waals surface area (Å²) in [6.07, 6.45) is -33.9. The van der Waals surface area contributed by atoms with Gasteiger partial charge in [0, 0.05) is 21.1 Å². The van der Waals surface area contributed by atoms with Gasteiger partial charge < -0.3 is 111 Å². The van der Waals surface area contributed by atoms with Gasteiger partial charge >= 0.3 is 11.9 Å². The van der Waals surface area contributed by atoms with Crippen LogP contribution in [0.5, 0.6) is 0 Å². The van der Waals surface area contributed by atoms with Crippen molar-refractivity contribution in [1.82, 2.24) is 0 Å². The van der Waals surface area contributed by atoms with Gasteiger partial charge in [0.2, 0.25) is 0 Å². The summed E-state index contributed by atoms with van der Waals surface area (Å²) in [5.41, 5.74) is 0. The number of aliphatic carboxylic acids is 2. The molecule has 0 aromatic heterocycles. The number of aliphatic hydroxyl groups is 16. The molecule has 0 radical (unpaired) electrons. The normalized spacial score (nSPS) is 35.2. The summed E-state index contributed by atoms with van der Waals surface area (Å²) in [5, 5.41) is 169. The second kappa shape index (κ2) is 22.0. The topological polar surface area (TPSA) is 435 Å². The molecule has 2 rings (SSSR count). The zero-order valence-corrected chi connectivity index (χ0v) is 27.3. The van der Waals surface area contributed by atoms with Gasteiger partial charge in [0.15, 0.2) is 24.8 Å². The Morgan fingerprint density at radius 2 is 0.816 bits per heavy atom. The van der Waals surface area contributed by atoms with Crippen molar-refractivity contribution < 1.29 is 142 Å². The number of hydrogen-bond acceptors (Lipinski definition) is 22. The van der Waals surface area contributed by atoms with Crippen LogP contribution in [-0.2, 0) is 49.6 Å². The zero-order valence-electron chi connectivity index (χ0n) is 25.0. The predicted octanol–water partition coefficient (Wildman–Crippen LogP) is -11.3. The van der Waals surface area contributed by atoms with Crippen LogP contribution in [0, 0.1) is 0 Å². The Morgan fingerprint density at radius 3 is 1.04 bits per heavy atom. The van der Waals surface area contributed by atoms with E-state index < -0.39 is 149 Å². The monoisotopic (exact) mass is 911 g/mol. The standard InChI is InChI=1S/2C12H22O12.Pt/c2*13-1-3(15)10(7(18)8(19)11(21)22)24-12-9(20)6(17)5(16)4(2-14)23-12;/h2*3-10,12-20H,1-2H2,(H,21,22);. The average Bonchev–Trinajstić information content (AvgIpc) is 3.07. The minimum absolute atomic E-state index is 0. The molecule has 18 unspecified atom stereocenters. The maximum atomic E-state index is 10.7. The van der Waals surface area contributed by atoms with Crippen molar-refractivity contribution in [3.05, 3.63) is 0 Å². The summed E-state index contributed by atoms with van der Waals surface area (Å²) in [4.78, 5) is 21.4. The Hall–Kier alpha value is -1.17. The smallest absolute Gasteiger partial charge is 0.335 e. The van der Waals surface area contributed by atoms with Gasteiger partial charge in [-0.2, -0.15) is 0 Å². The van der Waals surface area contributed by atoms with Crippen molar-refractivity contribution >= 4 is 11.9 Å². The van der Waals surface area contributed by atoms with Gasteiger partial charge in [0.25, 0.3) is 0 Å². The van der Waals surface area contributed by atoms with Crippen molar-refractivity contribution in [3.8, 4) is 0 Å². The number of carboxylic acids is 2. The predicted molar refractivity (Wildman–Crippen MR) is 143 cm³/mol. The molecule has 0 aromatic carbocycles. The van der Waals surface area contributed by atoms with Crippen LogP contribution in [-0.4, -0.2) is 241 Å². The van der Waals surface area contributed by atoms with E-state index in [0.29, 0.717) is 0 Å². The third-order valence-corrected chi connectivity index (χ3v) is 7.24. The van der Waals surface area contributed by atoms with Gasteiger partial charge in [-0.25, -0.2) is 9.59 Å². The number of carboxylic acid groups (broad SMARTS) is 2. The fraction of sp³-hybridized carbons (Fsp3) is 0.917. The molecular formula is C24H44O24Pt. The summed E-state index contributed by atoms with van der Waals surface area (Å²) in [7, 11) is 0. The van der Waals surface area contributed by atoms with Crippen molar-refractivity contribution in [1.29, 1.82) is 0 Å². The summed E-state index contributed by atoms with van der Waals surface area (Å²) in [6, 6.07) is 0. The van der Waals surface area contributed by atoms with E-state index in [0.717, 1.165) is 0 Å². The Balaban J connectivity index is 0.000000922. The fourth-order valence-electron chi connectivity index (χ4n) is 4.33. The third kappa shape index (κ3) is 12.5. The molecule has 2 heterocycles. The van der Waals surface area contributed by atoms with E-state index in [2.05, 4.69) is 0 Å². The van der Waals surface area contributed by atoms with E-state index in [1.165, 1.54) is 0 Å². The minimum Gasteiger partial charge on any atom is -0.479 e. The van der Waals surface area contributed by atoms with Crippen molar-refractivity contribution in [3.63, 3.8) is 0 Å². The third-order valence-electron chi connectivity index (χ3n) is 7.24. The van der Waals surface area contributed by atoms with Crippen LogP contribution in [0.3, 0.4) is 0 Å². The van der Waals surface area contributed by atoms with Crippen LogP contribution >= 0.6 is 0 Å². The van der Waals surface area contributed by atoms with Gasteiger partial charge in [0.1, 0.15) is 85.5 Å². The first-order chi connectivity index (χ1) is 22.3. The number of carbonyl (C=O) groups is 2. The van der Waals surface area contributed by atoms with Crippen LogP contribution in [0.25, 0.3) is 0 Å². The molecule has 0 spiro atoms. The second-order valence-electron chi connectivity index (χ2n) is 10.6. The molecular weight excluding hydrogens is 867 g/mol. The van der Waals surface area contributed by atoms with Gasteiger partial charge in [-0.3, -0.25) is 0 Å². The van der Waals surface area contributed by atoms with Gasteiger partial charge in [-0.15, -0.1) is 0 Å². The molecule has 2 fully saturated rings. The van der Waals surface area contributed by atoms with E-state index in [1.807, 2.05) is 0 Å². The van der Waals surface area contributed by atoms with E-state index in [1.54, 1.807) is 0 Å². The molecule has 2 saturated heterocycles. The number of hydrogen-bond donors (Lipinski definition) is 18. The number of ether oxygens (including phenoxy) is 4. The van der Waals surface area contributed by atoms with Crippen LogP contribution in [0.4, 0.5) is 0 Å². The summed E-state index contributed by atoms with van der Waals surface area (Å²) >= 11 is 0. The SMILES string of the molecule is O=C(O)C(O)C(O)C(OC1OC(CO)C(O)C(O)C1O)C(O)CO.O=C(O)C(O)C(O)C(OC1OC(CO)C(O)C(O)C1O)C(O)CO.[Pt]. The molecule has 2 aliphatic heterocycles. The molecule has 0 aliphatic carbocycles. The summed E-state index contributed by atoms with van der Waals surface area (Å²) in [6.45, 7) is -3.52. The van der Waals surface area contributed by atoms with Gasteiger partial charge in [0.05, 0.1) is 26.4 Å². The number of aliphatic hydroxyl groups excluding tert-OH is 16. The molecule has 2 aliphatic rings. The molecule has 294 valence electrons. The molecule has 24 nitrogen and oxygen atoms in total. The Morgan fingerprint density at radius 1 is 0.531 bits per heavy atom. The van der Waals surface area contributed by atoms with Crippen molar-refractivity contribution in [2.24, 2.45) is 0 Å². The van der Waals surface area contributed by atoms with Crippen LogP contribution < -0.4 is 0 Å². The molecule has 0 bridgehead atoms. The quantitative estimate of drug-likeness (QED) is 0.0683. The molecule has 49 heavy (non-hydrogen) atoms. The number of rotatable bonds is 16. The van der Waals surface area contributed by atoms with Gasteiger partial charge in [-0.05, 0) is 0 Å². The van der Waals surface area contributed by atoms with Crippen LogP contribution in [0.2, 0.25) is 0 Å². The largest absolute Gasteiger partial charge is 0.479 e. The maximum absolute atomic E-state index is 10.7.